The molecular weight excluding hydrogens is 218 g/mol. The Hall–Kier alpha value is -1.32. The van der Waals surface area contributed by atoms with Crippen LogP contribution in [0.25, 0.3) is 0 Å². The number of nitrogens with zero attached hydrogens (tertiary/aromatic N) is 1. The Morgan fingerprint density at radius 2 is 1.82 bits per heavy atom. The van der Waals surface area contributed by atoms with Crippen LogP contribution in [0.3, 0.4) is 0 Å². The SMILES string of the molecule is C=CCN(CC(=O)O)C(=O)C(CCC)CCC. The van der Waals surface area contributed by atoms with Gasteiger partial charge in [0.2, 0.25) is 5.91 Å². The van der Waals surface area contributed by atoms with E-state index in [2.05, 4.69) is 6.58 Å². The number of carbonyl (C=O) groups excluding carboxylic acids is 1. The van der Waals surface area contributed by atoms with Gasteiger partial charge in [-0.1, -0.05) is 32.8 Å². The Morgan fingerprint density at radius 3 is 2.18 bits per heavy atom. The van der Waals surface area contributed by atoms with Gasteiger partial charge in [0.15, 0.2) is 0 Å². The van der Waals surface area contributed by atoms with Gasteiger partial charge in [-0.2, -0.15) is 0 Å². The van der Waals surface area contributed by atoms with Crippen molar-refractivity contribution in [2.75, 3.05) is 13.1 Å². The summed E-state index contributed by atoms with van der Waals surface area (Å²) in [6.45, 7) is 7.68. The molecule has 0 saturated heterocycles. The summed E-state index contributed by atoms with van der Waals surface area (Å²) >= 11 is 0. The average Bonchev–Trinajstić information content (AvgIpc) is 2.27. The summed E-state index contributed by atoms with van der Waals surface area (Å²) in [5.41, 5.74) is 0. The van der Waals surface area contributed by atoms with Crippen LogP contribution in [0.1, 0.15) is 39.5 Å². The van der Waals surface area contributed by atoms with E-state index in [1.807, 2.05) is 13.8 Å². The number of hydrogen-bond acceptors (Lipinski definition) is 2. The van der Waals surface area contributed by atoms with Gasteiger partial charge in [-0.3, -0.25) is 9.59 Å². The summed E-state index contributed by atoms with van der Waals surface area (Å²) < 4.78 is 0. The van der Waals surface area contributed by atoms with Crippen LogP contribution in [-0.2, 0) is 9.59 Å². The number of aliphatic carboxylic acids is 1. The van der Waals surface area contributed by atoms with Gasteiger partial charge in [0, 0.05) is 12.5 Å². The highest BCUT2D eigenvalue weighted by molar-refractivity contribution is 5.83. The molecule has 1 N–H and O–H groups in total. The van der Waals surface area contributed by atoms with Crippen molar-refractivity contribution >= 4 is 11.9 Å². The topological polar surface area (TPSA) is 57.6 Å². The summed E-state index contributed by atoms with van der Waals surface area (Å²) in [6, 6.07) is 0. The third kappa shape index (κ3) is 6.09. The summed E-state index contributed by atoms with van der Waals surface area (Å²) in [5.74, 6) is -1.09. The molecule has 4 heteroatoms. The molecule has 0 aliphatic heterocycles. The van der Waals surface area contributed by atoms with Crippen LogP contribution < -0.4 is 0 Å². The molecule has 0 unspecified atom stereocenters. The average molecular weight is 241 g/mol. The molecule has 0 rings (SSSR count). The normalized spacial score (nSPS) is 10.3. The molecule has 0 aromatic rings. The van der Waals surface area contributed by atoms with Crippen molar-refractivity contribution < 1.29 is 14.7 Å². The highest BCUT2D eigenvalue weighted by Gasteiger charge is 2.23. The Balaban J connectivity index is 4.62. The Labute approximate surface area is 103 Å². The Kier molecular flexibility index (Phi) is 8.11. The second-order valence-electron chi connectivity index (χ2n) is 4.18. The van der Waals surface area contributed by atoms with Crippen LogP contribution in [0.5, 0.6) is 0 Å². The zero-order valence-corrected chi connectivity index (χ0v) is 10.8. The molecule has 0 fully saturated rings. The standard InChI is InChI=1S/C13H23NO3/c1-4-7-11(8-5-2)13(17)14(9-6-3)10-12(15)16/h6,11H,3-5,7-10H2,1-2H3,(H,15,16). The molecule has 17 heavy (non-hydrogen) atoms. The molecule has 0 heterocycles. The maximum atomic E-state index is 12.2. The van der Waals surface area contributed by atoms with E-state index < -0.39 is 5.97 Å². The van der Waals surface area contributed by atoms with Crippen LogP contribution in [-0.4, -0.2) is 35.0 Å². The molecule has 0 aromatic carbocycles. The molecular formula is C13H23NO3. The first-order chi connectivity index (χ1) is 8.06. The van der Waals surface area contributed by atoms with Gasteiger partial charge in [0.1, 0.15) is 6.54 Å². The zero-order valence-electron chi connectivity index (χ0n) is 10.8. The lowest BCUT2D eigenvalue weighted by atomic mass is 9.96. The smallest absolute Gasteiger partial charge is 0.323 e. The van der Waals surface area contributed by atoms with Crippen molar-refractivity contribution in [3.63, 3.8) is 0 Å². The van der Waals surface area contributed by atoms with Crippen molar-refractivity contribution in [2.24, 2.45) is 5.92 Å². The second kappa shape index (κ2) is 8.79. The van der Waals surface area contributed by atoms with Crippen LogP contribution in [0.4, 0.5) is 0 Å². The number of amides is 1. The number of carbonyl (C=O) groups is 2. The fourth-order valence-electron chi connectivity index (χ4n) is 1.90. The van der Waals surface area contributed by atoms with Gasteiger partial charge in [-0.05, 0) is 12.8 Å². The predicted octanol–water partition coefficient (Wildman–Crippen LogP) is 2.30. The Morgan fingerprint density at radius 1 is 1.29 bits per heavy atom. The first-order valence-corrected chi connectivity index (χ1v) is 6.18. The molecule has 0 radical (unpaired) electrons. The fraction of sp³-hybridized carbons (Fsp3) is 0.692. The minimum absolute atomic E-state index is 0.0516. The van der Waals surface area contributed by atoms with Crippen molar-refractivity contribution in [1.82, 2.24) is 4.90 Å². The number of carboxylic acid groups (broad SMARTS) is 1. The van der Waals surface area contributed by atoms with E-state index in [1.54, 1.807) is 6.08 Å². The third-order valence-corrected chi connectivity index (χ3v) is 2.61. The largest absolute Gasteiger partial charge is 0.480 e. The fourth-order valence-corrected chi connectivity index (χ4v) is 1.90. The molecule has 0 aromatic heterocycles. The Bertz CT molecular complexity index is 257. The van der Waals surface area contributed by atoms with Crippen LogP contribution >= 0.6 is 0 Å². The van der Waals surface area contributed by atoms with E-state index in [4.69, 9.17) is 5.11 Å². The van der Waals surface area contributed by atoms with Crippen molar-refractivity contribution in [1.29, 1.82) is 0 Å². The van der Waals surface area contributed by atoms with E-state index in [-0.39, 0.29) is 18.4 Å². The van der Waals surface area contributed by atoms with E-state index in [9.17, 15) is 9.59 Å². The minimum Gasteiger partial charge on any atom is -0.480 e. The predicted molar refractivity (Wildman–Crippen MR) is 67.7 cm³/mol. The maximum absolute atomic E-state index is 12.2. The molecule has 0 spiro atoms. The summed E-state index contributed by atoms with van der Waals surface area (Å²) in [6.07, 6.45) is 5.08. The van der Waals surface area contributed by atoms with E-state index in [0.717, 1.165) is 25.7 Å². The number of rotatable bonds is 9. The summed E-state index contributed by atoms with van der Waals surface area (Å²) in [5, 5.41) is 8.77. The van der Waals surface area contributed by atoms with Crippen LogP contribution in [0.2, 0.25) is 0 Å². The second-order valence-corrected chi connectivity index (χ2v) is 4.18. The number of carboxylic acids is 1. The molecule has 98 valence electrons. The molecule has 0 atom stereocenters. The zero-order chi connectivity index (χ0) is 13.3. The highest BCUT2D eigenvalue weighted by Crippen LogP contribution is 2.16. The molecule has 0 saturated carbocycles. The van der Waals surface area contributed by atoms with Crippen molar-refractivity contribution in [2.45, 2.75) is 39.5 Å². The van der Waals surface area contributed by atoms with E-state index in [0.29, 0.717) is 6.54 Å². The first-order valence-electron chi connectivity index (χ1n) is 6.18. The minimum atomic E-state index is -0.980. The summed E-state index contributed by atoms with van der Waals surface area (Å²) in [4.78, 5) is 24.2. The summed E-state index contributed by atoms with van der Waals surface area (Å²) in [7, 11) is 0. The number of hydrogen-bond donors (Lipinski definition) is 1. The molecule has 4 nitrogen and oxygen atoms in total. The van der Waals surface area contributed by atoms with Gasteiger partial charge in [0.25, 0.3) is 0 Å². The van der Waals surface area contributed by atoms with E-state index in [1.165, 1.54) is 4.90 Å². The van der Waals surface area contributed by atoms with Crippen LogP contribution in [0.15, 0.2) is 12.7 Å². The maximum Gasteiger partial charge on any atom is 0.323 e. The third-order valence-electron chi connectivity index (χ3n) is 2.61. The highest BCUT2D eigenvalue weighted by atomic mass is 16.4. The molecule has 1 amide bonds. The van der Waals surface area contributed by atoms with Crippen molar-refractivity contribution in [3.05, 3.63) is 12.7 Å². The van der Waals surface area contributed by atoms with Crippen molar-refractivity contribution in [3.8, 4) is 0 Å². The molecule has 0 bridgehead atoms. The van der Waals surface area contributed by atoms with Gasteiger partial charge in [0.05, 0.1) is 0 Å². The quantitative estimate of drug-likeness (QED) is 0.630. The van der Waals surface area contributed by atoms with Gasteiger partial charge < -0.3 is 10.0 Å². The molecule has 0 aliphatic rings. The van der Waals surface area contributed by atoms with Gasteiger partial charge in [-0.25, -0.2) is 0 Å². The molecule has 0 aliphatic carbocycles. The van der Waals surface area contributed by atoms with Gasteiger partial charge in [-0.15, -0.1) is 6.58 Å². The van der Waals surface area contributed by atoms with Gasteiger partial charge >= 0.3 is 5.97 Å². The van der Waals surface area contributed by atoms with Crippen LogP contribution in [0, 0.1) is 5.92 Å². The monoisotopic (exact) mass is 241 g/mol. The first kappa shape index (κ1) is 15.7. The lowest BCUT2D eigenvalue weighted by molar-refractivity contribution is -0.146. The van der Waals surface area contributed by atoms with E-state index >= 15 is 0 Å². The lowest BCUT2D eigenvalue weighted by Crippen LogP contribution is -2.39. The lowest BCUT2D eigenvalue weighted by Gasteiger charge is -2.24.